The van der Waals surface area contributed by atoms with Gasteiger partial charge in [-0.05, 0) is 29.8 Å². The van der Waals surface area contributed by atoms with Crippen molar-refractivity contribution >= 4 is 17.2 Å². The van der Waals surface area contributed by atoms with Gasteiger partial charge in [-0.1, -0.05) is 42.0 Å². The molecular formula is C23H20Cl2N4. The monoisotopic (exact) mass is 422 g/mol. The molecule has 0 radical (unpaired) electrons. The summed E-state index contributed by atoms with van der Waals surface area (Å²) in [6.07, 6.45) is 10.5. The number of fused-ring (bicyclic) bond motifs is 1. The SMILES string of the molecule is CC(C)(c1cccn2c(C3(c4ccc(Cl)cc4)C=C3)nnc12)[n+]1ccccc1.[Cl-]. The molecule has 0 N–H and O–H groups in total. The molecule has 0 aliphatic heterocycles. The summed E-state index contributed by atoms with van der Waals surface area (Å²) in [4.78, 5) is 0. The van der Waals surface area contributed by atoms with Crippen LogP contribution in [0.2, 0.25) is 5.02 Å². The fourth-order valence-corrected chi connectivity index (χ4v) is 3.99. The highest BCUT2D eigenvalue weighted by atomic mass is 35.5. The first kappa shape index (κ1) is 19.6. The molecule has 0 saturated carbocycles. The molecule has 29 heavy (non-hydrogen) atoms. The van der Waals surface area contributed by atoms with Crippen LogP contribution in [-0.4, -0.2) is 14.6 Å². The van der Waals surface area contributed by atoms with Crippen molar-refractivity contribution in [3.8, 4) is 0 Å². The zero-order chi connectivity index (χ0) is 19.4. The Balaban J connectivity index is 0.00000205. The summed E-state index contributed by atoms with van der Waals surface area (Å²) in [7, 11) is 0. The first-order chi connectivity index (χ1) is 13.5. The standard InChI is InChI=1S/C23H20ClN4.ClH/c1-22(2,27-14-4-3-5-15-27)19-7-6-16-28-20(19)25-26-21(28)23(12-13-23)17-8-10-18(24)11-9-17;/h3-16H,1-2H3;1H/q+1;/p-1. The summed E-state index contributed by atoms with van der Waals surface area (Å²) < 4.78 is 4.30. The molecule has 4 aromatic rings. The second-order valence-corrected chi connectivity index (χ2v) is 8.13. The maximum absolute atomic E-state index is 6.08. The summed E-state index contributed by atoms with van der Waals surface area (Å²) in [6, 6.07) is 18.2. The molecule has 0 unspecified atom stereocenters. The highest BCUT2D eigenvalue weighted by Crippen LogP contribution is 2.44. The van der Waals surface area contributed by atoms with E-state index in [2.05, 4.69) is 81.8 Å². The molecule has 1 aromatic carbocycles. The molecular weight excluding hydrogens is 403 g/mol. The van der Waals surface area contributed by atoms with Crippen LogP contribution in [0.15, 0.2) is 85.3 Å². The molecule has 5 rings (SSSR count). The number of aromatic nitrogens is 4. The minimum Gasteiger partial charge on any atom is -1.00 e. The van der Waals surface area contributed by atoms with E-state index < -0.39 is 0 Å². The zero-order valence-electron chi connectivity index (χ0n) is 16.1. The summed E-state index contributed by atoms with van der Waals surface area (Å²) in [5.74, 6) is 0.903. The molecule has 0 bridgehead atoms. The van der Waals surface area contributed by atoms with Crippen molar-refractivity contribution in [1.82, 2.24) is 14.6 Å². The summed E-state index contributed by atoms with van der Waals surface area (Å²) in [5.41, 5.74) is 2.57. The Morgan fingerprint density at radius 2 is 1.62 bits per heavy atom. The Kier molecular flexibility index (Phi) is 4.72. The van der Waals surface area contributed by atoms with Crippen LogP contribution in [0, 0.1) is 0 Å². The Bertz CT molecular complexity index is 1190. The molecule has 0 amide bonds. The van der Waals surface area contributed by atoms with Crippen LogP contribution >= 0.6 is 11.6 Å². The summed E-state index contributed by atoms with van der Waals surface area (Å²) in [5, 5.41) is 9.93. The van der Waals surface area contributed by atoms with Crippen molar-refractivity contribution < 1.29 is 17.0 Å². The number of allylic oxidation sites excluding steroid dienone is 2. The molecule has 6 heteroatoms. The molecule has 0 atom stereocenters. The van der Waals surface area contributed by atoms with Crippen molar-refractivity contribution in [2.75, 3.05) is 0 Å². The Morgan fingerprint density at radius 1 is 0.931 bits per heavy atom. The Hall–Kier alpha value is -2.69. The molecule has 1 aliphatic carbocycles. The number of halogens is 2. The number of rotatable bonds is 4. The Labute approximate surface area is 180 Å². The van der Waals surface area contributed by atoms with E-state index in [-0.39, 0.29) is 23.4 Å². The molecule has 4 nitrogen and oxygen atoms in total. The fourth-order valence-electron chi connectivity index (χ4n) is 3.87. The van der Waals surface area contributed by atoms with Gasteiger partial charge in [0, 0.05) is 37.2 Å². The average molecular weight is 423 g/mol. The van der Waals surface area contributed by atoms with E-state index in [9.17, 15) is 0 Å². The summed E-state index contributed by atoms with van der Waals surface area (Å²) in [6.45, 7) is 4.39. The zero-order valence-corrected chi connectivity index (χ0v) is 17.6. The van der Waals surface area contributed by atoms with Gasteiger partial charge in [0.1, 0.15) is 0 Å². The largest absolute Gasteiger partial charge is 1.00 e. The van der Waals surface area contributed by atoms with E-state index in [0.29, 0.717) is 0 Å². The third-order valence-corrected chi connectivity index (χ3v) is 5.90. The van der Waals surface area contributed by atoms with Gasteiger partial charge in [0.15, 0.2) is 29.4 Å². The molecule has 1 aliphatic rings. The predicted molar refractivity (Wildman–Crippen MR) is 109 cm³/mol. The van der Waals surface area contributed by atoms with E-state index in [1.165, 1.54) is 0 Å². The lowest BCUT2D eigenvalue weighted by atomic mass is 9.92. The van der Waals surface area contributed by atoms with Gasteiger partial charge in [-0.3, -0.25) is 4.40 Å². The number of nitrogens with zero attached hydrogens (tertiary/aromatic N) is 4. The predicted octanol–water partition coefficient (Wildman–Crippen LogP) is 1.31. The highest BCUT2D eigenvalue weighted by molar-refractivity contribution is 6.30. The van der Waals surface area contributed by atoms with Crippen molar-refractivity contribution in [1.29, 1.82) is 0 Å². The number of hydrogen-bond acceptors (Lipinski definition) is 2. The Morgan fingerprint density at radius 3 is 2.28 bits per heavy atom. The first-order valence-corrected chi connectivity index (χ1v) is 9.68. The van der Waals surface area contributed by atoms with E-state index in [1.54, 1.807) is 0 Å². The van der Waals surface area contributed by atoms with Crippen LogP contribution < -0.4 is 17.0 Å². The van der Waals surface area contributed by atoms with E-state index in [0.717, 1.165) is 27.6 Å². The van der Waals surface area contributed by atoms with Crippen LogP contribution in [0.5, 0.6) is 0 Å². The smallest absolute Gasteiger partial charge is 0.191 e. The van der Waals surface area contributed by atoms with Crippen LogP contribution in [0.3, 0.4) is 0 Å². The second kappa shape index (κ2) is 6.97. The third kappa shape index (κ3) is 3.04. The number of pyridine rings is 2. The van der Waals surface area contributed by atoms with Gasteiger partial charge < -0.3 is 12.4 Å². The molecule has 0 spiro atoms. The lowest BCUT2D eigenvalue weighted by Gasteiger charge is -2.20. The van der Waals surface area contributed by atoms with E-state index >= 15 is 0 Å². The molecule has 146 valence electrons. The summed E-state index contributed by atoms with van der Waals surface area (Å²) >= 11 is 6.08. The van der Waals surface area contributed by atoms with Crippen LogP contribution in [0.1, 0.15) is 30.8 Å². The van der Waals surface area contributed by atoms with Crippen molar-refractivity contribution in [2.45, 2.75) is 24.8 Å². The van der Waals surface area contributed by atoms with Crippen LogP contribution in [-0.2, 0) is 11.0 Å². The van der Waals surface area contributed by atoms with Crippen LogP contribution in [0.4, 0.5) is 0 Å². The van der Waals surface area contributed by atoms with Gasteiger partial charge in [-0.25, -0.2) is 0 Å². The minimum absolute atomic E-state index is 0. The maximum atomic E-state index is 6.08. The van der Waals surface area contributed by atoms with Gasteiger partial charge in [0.05, 0.1) is 11.0 Å². The highest BCUT2D eigenvalue weighted by Gasteiger charge is 2.43. The molecule has 0 fully saturated rings. The quantitative estimate of drug-likeness (QED) is 0.367. The number of benzene rings is 1. The third-order valence-electron chi connectivity index (χ3n) is 5.65. The van der Waals surface area contributed by atoms with Gasteiger partial charge in [0.2, 0.25) is 0 Å². The minimum atomic E-state index is -0.313. The fraction of sp³-hybridized carbons (Fsp3) is 0.174. The normalized spacial score (nSPS) is 14.6. The van der Waals surface area contributed by atoms with Gasteiger partial charge in [-0.15, -0.1) is 10.2 Å². The van der Waals surface area contributed by atoms with Gasteiger partial charge in [0.25, 0.3) is 0 Å². The molecule has 3 heterocycles. The van der Waals surface area contributed by atoms with Crippen LogP contribution in [0.25, 0.3) is 5.65 Å². The van der Waals surface area contributed by atoms with Crippen molar-refractivity contribution in [2.24, 2.45) is 0 Å². The molecule has 0 saturated heterocycles. The topological polar surface area (TPSA) is 34.1 Å². The number of hydrogen-bond donors (Lipinski definition) is 0. The lowest BCUT2D eigenvalue weighted by Crippen LogP contribution is -3.00. The average Bonchev–Trinajstić information content (AvgIpc) is 3.40. The molecule has 3 aromatic heterocycles. The maximum Gasteiger partial charge on any atom is 0.191 e. The van der Waals surface area contributed by atoms with Gasteiger partial charge in [-0.2, -0.15) is 4.57 Å². The second-order valence-electron chi connectivity index (χ2n) is 7.69. The van der Waals surface area contributed by atoms with E-state index in [4.69, 9.17) is 11.6 Å². The first-order valence-electron chi connectivity index (χ1n) is 9.30. The van der Waals surface area contributed by atoms with Crippen molar-refractivity contribution in [3.05, 3.63) is 107 Å². The lowest BCUT2D eigenvalue weighted by molar-refractivity contribution is -0.747. The van der Waals surface area contributed by atoms with Crippen molar-refractivity contribution in [3.63, 3.8) is 0 Å². The van der Waals surface area contributed by atoms with Gasteiger partial charge >= 0.3 is 0 Å². The van der Waals surface area contributed by atoms with E-state index in [1.807, 2.05) is 36.5 Å².